The molecule has 2 heterocycles. The van der Waals surface area contributed by atoms with Crippen LogP contribution in [0.2, 0.25) is 5.28 Å². The number of piperidine rings is 1. The summed E-state index contributed by atoms with van der Waals surface area (Å²) in [4.78, 5) is 31.6. The van der Waals surface area contributed by atoms with Crippen molar-refractivity contribution in [2.75, 3.05) is 13.1 Å². The number of likely N-dealkylation sites (tertiary alicyclic amines) is 1. The number of hydrogen-bond donors (Lipinski definition) is 2. The average molecular weight is 313 g/mol. The van der Waals surface area contributed by atoms with E-state index >= 15 is 0 Å². The van der Waals surface area contributed by atoms with Crippen molar-refractivity contribution < 1.29 is 14.7 Å². The maximum atomic E-state index is 11.2. The maximum Gasteiger partial charge on any atom is 0.354 e. The summed E-state index contributed by atoms with van der Waals surface area (Å²) in [5, 5.41) is 12.2. The van der Waals surface area contributed by atoms with Crippen molar-refractivity contribution in [2.45, 2.75) is 32.4 Å². The average Bonchev–Trinajstić information content (AvgIpc) is 2.45. The van der Waals surface area contributed by atoms with Crippen LogP contribution in [0, 0.1) is 0 Å². The number of rotatable bonds is 4. The molecular formula is C13H17ClN4O3. The van der Waals surface area contributed by atoms with Gasteiger partial charge in [-0.05, 0) is 30.5 Å². The highest BCUT2D eigenvalue weighted by Crippen LogP contribution is 2.12. The molecule has 1 aromatic rings. The van der Waals surface area contributed by atoms with Gasteiger partial charge in [-0.1, -0.05) is 0 Å². The Kier molecular flexibility index (Phi) is 5.08. The molecule has 1 saturated heterocycles. The molecule has 1 amide bonds. The Morgan fingerprint density at radius 3 is 2.67 bits per heavy atom. The molecule has 7 nitrogen and oxygen atoms in total. The van der Waals surface area contributed by atoms with Crippen LogP contribution in [-0.4, -0.2) is 51.0 Å². The van der Waals surface area contributed by atoms with Gasteiger partial charge in [0.1, 0.15) is 0 Å². The van der Waals surface area contributed by atoms with E-state index in [1.165, 1.54) is 6.07 Å². The number of nitrogens with one attached hydrogen (secondary N) is 1. The largest absolute Gasteiger partial charge is 0.477 e. The normalized spacial score (nSPS) is 16.0. The lowest BCUT2D eigenvalue weighted by Crippen LogP contribution is -2.44. The zero-order valence-electron chi connectivity index (χ0n) is 11.7. The molecule has 8 heteroatoms. The molecule has 1 fully saturated rings. The quantitative estimate of drug-likeness (QED) is 0.803. The van der Waals surface area contributed by atoms with Gasteiger partial charge in [-0.25, -0.2) is 14.8 Å². The first-order chi connectivity index (χ1) is 9.95. The summed E-state index contributed by atoms with van der Waals surface area (Å²) in [5.74, 6) is -1.03. The van der Waals surface area contributed by atoms with E-state index in [0.717, 1.165) is 25.9 Å². The third kappa shape index (κ3) is 4.37. The summed E-state index contributed by atoms with van der Waals surface area (Å²) < 4.78 is 0. The van der Waals surface area contributed by atoms with Gasteiger partial charge in [-0.15, -0.1) is 0 Å². The molecule has 0 atom stereocenters. The minimum atomic E-state index is -1.13. The van der Waals surface area contributed by atoms with Crippen molar-refractivity contribution in [1.82, 2.24) is 20.2 Å². The minimum absolute atomic E-state index is 0.0712. The fraction of sp³-hybridized carbons (Fsp3) is 0.538. The number of halogens is 1. The fourth-order valence-corrected chi connectivity index (χ4v) is 2.51. The number of aromatic nitrogens is 2. The van der Waals surface area contributed by atoms with Gasteiger partial charge in [0.25, 0.3) is 0 Å². The number of carbonyl (C=O) groups is 2. The second-order valence-electron chi connectivity index (χ2n) is 4.98. The van der Waals surface area contributed by atoms with Crippen molar-refractivity contribution in [3.63, 3.8) is 0 Å². The van der Waals surface area contributed by atoms with Crippen molar-refractivity contribution in [1.29, 1.82) is 0 Å². The number of carbonyl (C=O) groups excluding carboxylic acids is 1. The predicted octanol–water partition coefficient (Wildman–Crippen LogP) is 0.929. The van der Waals surface area contributed by atoms with Crippen LogP contribution < -0.4 is 5.32 Å². The molecule has 2 N–H and O–H groups in total. The van der Waals surface area contributed by atoms with Crippen LogP contribution in [0.1, 0.15) is 35.9 Å². The van der Waals surface area contributed by atoms with E-state index in [2.05, 4.69) is 15.3 Å². The van der Waals surface area contributed by atoms with E-state index in [0.29, 0.717) is 12.2 Å². The summed E-state index contributed by atoms with van der Waals surface area (Å²) in [7, 11) is 0. The lowest BCUT2D eigenvalue weighted by Gasteiger charge is -2.31. The van der Waals surface area contributed by atoms with Gasteiger partial charge in [0, 0.05) is 32.6 Å². The third-order valence-corrected chi connectivity index (χ3v) is 3.65. The molecule has 0 spiro atoms. The summed E-state index contributed by atoms with van der Waals surface area (Å²) in [6, 6.07) is 1.69. The van der Waals surface area contributed by atoms with E-state index in [4.69, 9.17) is 16.7 Å². The number of nitrogens with zero attached hydrogens (tertiary/aromatic N) is 3. The number of carboxylic acids is 1. The molecule has 0 radical (unpaired) electrons. The molecular weight excluding hydrogens is 296 g/mol. The van der Waals surface area contributed by atoms with Gasteiger partial charge in [-0.3, -0.25) is 4.79 Å². The van der Waals surface area contributed by atoms with Gasteiger partial charge >= 0.3 is 5.97 Å². The summed E-state index contributed by atoms with van der Waals surface area (Å²) >= 11 is 5.71. The molecule has 2 rings (SSSR count). The van der Waals surface area contributed by atoms with Gasteiger partial charge in [0.15, 0.2) is 5.69 Å². The minimum Gasteiger partial charge on any atom is -0.477 e. The van der Waals surface area contributed by atoms with E-state index in [9.17, 15) is 9.59 Å². The standard InChI is InChI=1S/C13H17ClN4O3/c1-8(19)18-4-2-9(3-5-18)15-7-10-6-11(12(20)21)17-13(14)16-10/h6,9,15H,2-5,7H2,1H3,(H,20,21). The molecule has 0 unspecified atom stereocenters. The molecule has 1 aliphatic heterocycles. The van der Waals surface area contributed by atoms with E-state index in [-0.39, 0.29) is 22.9 Å². The zero-order chi connectivity index (χ0) is 15.4. The molecule has 21 heavy (non-hydrogen) atoms. The number of hydrogen-bond acceptors (Lipinski definition) is 5. The highest BCUT2D eigenvalue weighted by molar-refractivity contribution is 6.28. The molecule has 0 aliphatic carbocycles. The predicted molar refractivity (Wildman–Crippen MR) is 76.1 cm³/mol. The van der Waals surface area contributed by atoms with Crippen LogP contribution in [0.25, 0.3) is 0 Å². The smallest absolute Gasteiger partial charge is 0.354 e. The van der Waals surface area contributed by atoms with Gasteiger partial charge in [0.05, 0.1) is 5.69 Å². The zero-order valence-corrected chi connectivity index (χ0v) is 12.4. The third-order valence-electron chi connectivity index (χ3n) is 3.48. The Morgan fingerprint density at radius 1 is 1.43 bits per heavy atom. The lowest BCUT2D eigenvalue weighted by atomic mass is 10.0. The van der Waals surface area contributed by atoms with Crippen molar-refractivity contribution >= 4 is 23.5 Å². The highest BCUT2D eigenvalue weighted by atomic mass is 35.5. The molecule has 0 saturated carbocycles. The topological polar surface area (TPSA) is 95.4 Å². The second kappa shape index (κ2) is 6.82. The van der Waals surface area contributed by atoms with Crippen molar-refractivity contribution in [3.05, 3.63) is 22.7 Å². The van der Waals surface area contributed by atoms with Crippen LogP contribution in [0.15, 0.2) is 6.07 Å². The molecule has 0 aromatic carbocycles. The maximum absolute atomic E-state index is 11.2. The summed E-state index contributed by atoms with van der Waals surface area (Å²) in [6.45, 7) is 3.47. The highest BCUT2D eigenvalue weighted by Gasteiger charge is 2.20. The fourth-order valence-electron chi connectivity index (χ4n) is 2.31. The SMILES string of the molecule is CC(=O)N1CCC(NCc2cc(C(=O)O)nc(Cl)n2)CC1. The van der Waals surface area contributed by atoms with Crippen molar-refractivity contribution in [2.24, 2.45) is 0 Å². The van der Waals surface area contributed by atoms with Gasteiger partial charge in [0.2, 0.25) is 11.2 Å². The van der Waals surface area contributed by atoms with E-state index < -0.39 is 5.97 Å². The molecule has 1 aliphatic rings. The second-order valence-corrected chi connectivity index (χ2v) is 5.32. The van der Waals surface area contributed by atoms with Crippen LogP contribution in [-0.2, 0) is 11.3 Å². The first-order valence-corrected chi connectivity index (χ1v) is 7.09. The van der Waals surface area contributed by atoms with Crippen LogP contribution in [0.5, 0.6) is 0 Å². The Hall–Kier alpha value is -1.73. The Labute approximate surface area is 127 Å². The number of amides is 1. The Morgan fingerprint density at radius 2 is 2.10 bits per heavy atom. The lowest BCUT2D eigenvalue weighted by molar-refractivity contribution is -0.129. The number of aromatic carboxylic acids is 1. The first-order valence-electron chi connectivity index (χ1n) is 6.71. The first kappa shape index (κ1) is 15.7. The molecule has 1 aromatic heterocycles. The van der Waals surface area contributed by atoms with Crippen LogP contribution >= 0.6 is 11.6 Å². The summed E-state index contributed by atoms with van der Waals surface area (Å²) in [6.07, 6.45) is 1.73. The van der Waals surface area contributed by atoms with E-state index in [1.807, 2.05) is 4.90 Å². The monoisotopic (exact) mass is 312 g/mol. The Balaban J connectivity index is 1.89. The molecule has 114 valence electrons. The summed E-state index contributed by atoms with van der Waals surface area (Å²) in [5.41, 5.74) is 0.430. The van der Waals surface area contributed by atoms with Gasteiger partial charge in [-0.2, -0.15) is 0 Å². The van der Waals surface area contributed by atoms with E-state index in [1.54, 1.807) is 6.92 Å². The van der Waals surface area contributed by atoms with Crippen LogP contribution in [0.4, 0.5) is 0 Å². The Bertz CT molecular complexity index is 544. The molecule has 0 bridgehead atoms. The number of carboxylic acid groups (broad SMARTS) is 1. The van der Waals surface area contributed by atoms with Crippen molar-refractivity contribution in [3.8, 4) is 0 Å². The van der Waals surface area contributed by atoms with Crippen LogP contribution in [0.3, 0.4) is 0 Å². The van der Waals surface area contributed by atoms with Gasteiger partial charge < -0.3 is 15.3 Å².